The summed E-state index contributed by atoms with van der Waals surface area (Å²) >= 11 is 7.58. The number of hydrogen-bond donors (Lipinski definition) is 1. The van der Waals surface area contributed by atoms with E-state index in [0.717, 1.165) is 32.3 Å². The predicted molar refractivity (Wildman–Crippen MR) is 85.6 cm³/mol. The second-order valence-electron chi connectivity index (χ2n) is 4.44. The van der Waals surface area contributed by atoms with Gasteiger partial charge in [0.05, 0.1) is 17.3 Å². The summed E-state index contributed by atoms with van der Waals surface area (Å²) in [5.41, 5.74) is 3.05. The summed E-state index contributed by atoms with van der Waals surface area (Å²) < 4.78 is 6.32. The zero-order chi connectivity index (χ0) is 14.1. The van der Waals surface area contributed by atoms with Gasteiger partial charge < -0.3 is 10.1 Å². The smallest absolute Gasteiger partial charge is 0.188 e. The number of fused-ring (bicyclic) bond motifs is 1. The third kappa shape index (κ3) is 2.57. The van der Waals surface area contributed by atoms with Gasteiger partial charge >= 0.3 is 0 Å². The minimum absolute atomic E-state index is 0.704. The fourth-order valence-corrected chi connectivity index (χ4v) is 3.00. The van der Waals surface area contributed by atoms with Crippen LogP contribution in [-0.4, -0.2) is 12.1 Å². The molecule has 1 N–H and O–H groups in total. The van der Waals surface area contributed by atoms with Gasteiger partial charge in [-0.05, 0) is 48.9 Å². The quantitative estimate of drug-likeness (QED) is 0.738. The highest BCUT2D eigenvalue weighted by Gasteiger charge is 2.06. The van der Waals surface area contributed by atoms with Crippen LogP contribution in [0.2, 0.25) is 5.02 Å². The van der Waals surface area contributed by atoms with Crippen LogP contribution in [0.4, 0.5) is 10.8 Å². The van der Waals surface area contributed by atoms with Crippen LogP contribution >= 0.6 is 22.9 Å². The third-order valence-corrected chi connectivity index (χ3v) is 4.21. The normalized spacial score (nSPS) is 10.8. The van der Waals surface area contributed by atoms with Gasteiger partial charge in [-0.25, -0.2) is 4.98 Å². The van der Waals surface area contributed by atoms with Crippen LogP contribution in [0.25, 0.3) is 10.2 Å². The minimum atomic E-state index is 0.704. The maximum Gasteiger partial charge on any atom is 0.188 e. The Morgan fingerprint density at radius 1 is 1.20 bits per heavy atom. The molecule has 2 aromatic carbocycles. The van der Waals surface area contributed by atoms with Crippen LogP contribution in [-0.2, 0) is 0 Å². The Labute approximate surface area is 126 Å². The highest BCUT2D eigenvalue weighted by Crippen LogP contribution is 2.31. The molecule has 0 atom stereocenters. The van der Waals surface area contributed by atoms with E-state index in [2.05, 4.69) is 10.3 Å². The van der Waals surface area contributed by atoms with Crippen molar-refractivity contribution in [3.05, 3.63) is 47.0 Å². The van der Waals surface area contributed by atoms with E-state index in [1.165, 1.54) is 0 Å². The summed E-state index contributed by atoms with van der Waals surface area (Å²) in [4.78, 5) is 4.54. The van der Waals surface area contributed by atoms with Gasteiger partial charge in [-0.2, -0.15) is 0 Å². The van der Waals surface area contributed by atoms with Crippen LogP contribution in [0, 0.1) is 6.92 Å². The first-order valence-corrected chi connectivity index (χ1v) is 7.33. The largest absolute Gasteiger partial charge is 0.497 e. The van der Waals surface area contributed by atoms with Crippen molar-refractivity contribution in [2.45, 2.75) is 6.92 Å². The highest BCUT2D eigenvalue weighted by atomic mass is 35.5. The van der Waals surface area contributed by atoms with Crippen LogP contribution in [0.5, 0.6) is 5.75 Å². The Kier molecular flexibility index (Phi) is 3.51. The number of nitrogens with one attached hydrogen (secondary N) is 1. The van der Waals surface area contributed by atoms with E-state index in [0.29, 0.717) is 5.02 Å². The molecule has 0 radical (unpaired) electrons. The van der Waals surface area contributed by atoms with E-state index in [9.17, 15) is 0 Å². The molecular formula is C15H13ClN2OS. The van der Waals surface area contributed by atoms with Crippen molar-refractivity contribution in [3.8, 4) is 5.75 Å². The lowest BCUT2D eigenvalue weighted by molar-refractivity contribution is 0.414. The Hall–Kier alpha value is -1.78. The number of nitrogens with zero attached hydrogens (tertiary/aromatic N) is 1. The molecule has 0 aliphatic rings. The number of aromatic nitrogens is 1. The Balaban J connectivity index is 1.92. The van der Waals surface area contributed by atoms with Gasteiger partial charge in [0.1, 0.15) is 5.75 Å². The van der Waals surface area contributed by atoms with E-state index in [4.69, 9.17) is 16.3 Å². The van der Waals surface area contributed by atoms with Crippen LogP contribution in [0.1, 0.15) is 5.56 Å². The number of anilines is 2. The first-order chi connectivity index (χ1) is 9.65. The molecule has 0 fully saturated rings. The van der Waals surface area contributed by atoms with Crippen molar-refractivity contribution in [3.63, 3.8) is 0 Å². The fourth-order valence-electron chi connectivity index (χ4n) is 1.97. The van der Waals surface area contributed by atoms with E-state index < -0.39 is 0 Å². The molecule has 1 heterocycles. The number of halogens is 1. The van der Waals surface area contributed by atoms with Gasteiger partial charge in [-0.3, -0.25) is 0 Å². The van der Waals surface area contributed by atoms with E-state index in [-0.39, 0.29) is 0 Å². The van der Waals surface area contributed by atoms with Gasteiger partial charge in [-0.1, -0.05) is 22.9 Å². The first kappa shape index (κ1) is 13.2. The number of rotatable bonds is 3. The Morgan fingerprint density at radius 3 is 2.80 bits per heavy atom. The maximum atomic E-state index is 5.98. The zero-order valence-corrected chi connectivity index (χ0v) is 12.7. The second kappa shape index (κ2) is 5.31. The topological polar surface area (TPSA) is 34.1 Å². The van der Waals surface area contributed by atoms with Crippen molar-refractivity contribution < 1.29 is 4.74 Å². The highest BCUT2D eigenvalue weighted by molar-refractivity contribution is 7.22. The molecule has 3 nitrogen and oxygen atoms in total. The lowest BCUT2D eigenvalue weighted by Crippen LogP contribution is -1.93. The lowest BCUT2D eigenvalue weighted by atomic mass is 10.2. The van der Waals surface area contributed by atoms with E-state index in [1.54, 1.807) is 18.4 Å². The van der Waals surface area contributed by atoms with Crippen molar-refractivity contribution in [1.82, 2.24) is 4.98 Å². The fraction of sp³-hybridized carbons (Fsp3) is 0.133. The predicted octanol–water partition coefficient (Wildman–Crippen LogP) is 5.01. The van der Waals surface area contributed by atoms with Crippen molar-refractivity contribution in [2.24, 2.45) is 0 Å². The molecule has 1 aromatic heterocycles. The molecule has 0 aliphatic carbocycles. The van der Waals surface area contributed by atoms with E-state index >= 15 is 0 Å². The molecule has 3 rings (SSSR count). The van der Waals surface area contributed by atoms with Crippen LogP contribution < -0.4 is 10.1 Å². The first-order valence-electron chi connectivity index (χ1n) is 6.13. The molecule has 20 heavy (non-hydrogen) atoms. The van der Waals surface area contributed by atoms with Gasteiger partial charge in [0.2, 0.25) is 0 Å². The van der Waals surface area contributed by atoms with Crippen molar-refractivity contribution in [1.29, 1.82) is 0 Å². The summed E-state index contributed by atoms with van der Waals surface area (Å²) in [6, 6.07) is 11.7. The number of thiazole rings is 1. The zero-order valence-electron chi connectivity index (χ0n) is 11.1. The number of hydrogen-bond acceptors (Lipinski definition) is 4. The summed E-state index contributed by atoms with van der Waals surface area (Å²) in [6.45, 7) is 2.04. The third-order valence-electron chi connectivity index (χ3n) is 3.02. The van der Waals surface area contributed by atoms with Gasteiger partial charge in [0.25, 0.3) is 0 Å². The van der Waals surface area contributed by atoms with Gasteiger partial charge in [0, 0.05) is 10.7 Å². The van der Waals surface area contributed by atoms with Crippen molar-refractivity contribution >= 4 is 44.0 Å². The number of methoxy groups -OCH3 is 1. The lowest BCUT2D eigenvalue weighted by Gasteiger charge is -2.08. The molecular weight excluding hydrogens is 292 g/mol. The molecule has 0 saturated heterocycles. The summed E-state index contributed by atoms with van der Waals surface area (Å²) in [5, 5.41) is 4.90. The molecule has 102 valence electrons. The SMILES string of the molecule is COc1ccc(Nc2nc3cc(Cl)ccc3s2)c(C)c1. The Bertz CT molecular complexity index is 770. The number of ether oxygens (including phenoxy) is 1. The average Bonchev–Trinajstić information content (AvgIpc) is 2.82. The van der Waals surface area contributed by atoms with Crippen molar-refractivity contribution in [2.75, 3.05) is 12.4 Å². The molecule has 0 spiro atoms. The molecule has 0 bridgehead atoms. The summed E-state index contributed by atoms with van der Waals surface area (Å²) in [7, 11) is 1.67. The summed E-state index contributed by atoms with van der Waals surface area (Å²) in [5.74, 6) is 0.851. The van der Waals surface area contributed by atoms with Crippen LogP contribution in [0.3, 0.4) is 0 Å². The average molecular weight is 305 g/mol. The number of benzene rings is 2. The standard InChI is InChI=1S/C15H13ClN2OS/c1-9-7-11(19-2)4-5-12(9)17-15-18-13-8-10(16)3-6-14(13)20-15/h3-8H,1-2H3,(H,17,18). The maximum absolute atomic E-state index is 5.98. The molecule has 0 amide bonds. The molecule has 0 aliphatic heterocycles. The molecule has 5 heteroatoms. The van der Waals surface area contributed by atoms with E-state index in [1.807, 2.05) is 43.3 Å². The van der Waals surface area contributed by atoms with Gasteiger partial charge in [0.15, 0.2) is 5.13 Å². The molecule has 3 aromatic rings. The summed E-state index contributed by atoms with van der Waals surface area (Å²) in [6.07, 6.45) is 0. The Morgan fingerprint density at radius 2 is 2.05 bits per heavy atom. The second-order valence-corrected chi connectivity index (χ2v) is 5.90. The number of aryl methyl sites for hydroxylation is 1. The monoisotopic (exact) mass is 304 g/mol. The molecule has 0 unspecified atom stereocenters. The molecule has 0 saturated carbocycles. The minimum Gasteiger partial charge on any atom is -0.497 e. The van der Waals surface area contributed by atoms with Gasteiger partial charge in [-0.15, -0.1) is 0 Å². The van der Waals surface area contributed by atoms with Crippen LogP contribution in [0.15, 0.2) is 36.4 Å².